The number of aryl methyl sites for hydroxylation is 2. The van der Waals surface area contributed by atoms with Crippen molar-refractivity contribution < 1.29 is 19.4 Å². The Balaban J connectivity index is 1.49. The van der Waals surface area contributed by atoms with Crippen LogP contribution in [0.1, 0.15) is 61.5 Å². The van der Waals surface area contributed by atoms with E-state index in [0.717, 1.165) is 62.9 Å². The Kier molecular flexibility index (Phi) is 9.30. The molecule has 0 amide bonds. The quantitative estimate of drug-likeness (QED) is 0.494. The highest BCUT2D eigenvalue weighted by molar-refractivity contribution is 5.94. The van der Waals surface area contributed by atoms with Crippen LogP contribution in [0.25, 0.3) is 0 Å². The average molecular weight is 457 g/mol. The Morgan fingerprint density at radius 3 is 2.18 bits per heavy atom. The summed E-state index contributed by atoms with van der Waals surface area (Å²) in [5, 5.41) is 13.1. The third-order valence-corrected chi connectivity index (χ3v) is 5.91. The second-order valence-electron chi connectivity index (χ2n) is 8.27. The molecule has 2 heterocycles. The van der Waals surface area contributed by atoms with Crippen LogP contribution < -0.4 is 14.8 Å². The van der Waals surface area contributed by atoms with Gasteiger partial charge in [-0.25, -0.2) is 14.8 Å². The second-order valence-corrected chi connectivity index (χ2v) is 8.27. The van der Waals surface area contributed by atoms with Crippen molar-refractivity contribution in [2.45, 2.75) is 58.9 Å². The molecule has 1 fully saturated rings. The number of piperidine rings is 1. The van der Waals surface area contributed by atoms with Gasteiger partial charge in [-0.1, -0.05) is 6.92 Å². The summed E-state index contributed by atoms with van der Waals surface area (Å²) in [6.07, 6.45) is 8.69. The number of aromatic nitrogens is 2. The lowest BCUT2D eigenvalue weighted by molar-refractivity contribution is 0.0688. The fraction of sp³-hybridized carbons (Fsp3) is 0.560. The molecule has 0 unspecified atom stereocenters. The van der Waals surface area contributed by atoms with Crippen LogP contribution in [-0.2, 0) is 12.8 Å². The number of hydrogen-bond donors (Lipinski definition) is 2. The summed E-state index contributed by atoms with van der Waals surface area (Å²) in [5.41, 5.74) is 2.29. The molecule has 3 rings (SSSR count). The Morgan fingerprint density at radius 2 is 1.67 bits per heavy atom. The van der Waals surface area contributed by atoms with Gasteiger partial charge in [0.1, 0.15) is 17.1 Å². The SMILES string of the molecule is CCOc1cc(CCCN2CCC(Nc3ncc(CC)cn3)CC2)cc(OCC)c1C(=O)O. The molecule has 0 aliphatic carbocycles. The van der Waals surface area contributed by atoms with Gasteiger partial charge in [-0.05, 0) is 75.8 Å². The van der Waals surface area contributed by atoms with Crippen molar-refractivity contribution in [3.8, 4) is 11.5 Å². The Hall–Kier alpha value is -2.87. The van der Waals surface area contributed by atoms with E-state index in [9.17, 15) is 9.90 Å². The van der Waals surface area contributed by atoms with E-state index in [1.54, 1.807) is 0 Å². The third kappa shape index (κ3) is 7.05. The molecule has 2 aromatic rings. The molecule has 180 valence electrons. The van der Waals surface area contributed by atoms with Gasteiger partial charge in [0.05, 0.1) is 13.2 Å². The van der Waals surface area contributed by atoms with Crippen LogP contribution in [0.5, 0.6) is 11.5 Å². The Labute approximate surface area is 196 Å². The number of carboxylic acid groups (broad SMARTS) is 1. The van der Waals surface area contributed by atoms with Gasteiger partial charge < -0.3 is 24.8 Å². The summed E-state index contributed by atoms with van der Waals surface area (Å²) in [6, 6.07) is 4.09. The highest BCUT2D eigenvalue weighted by atomic mass is 16.5. The molecule has 1 saturated heterocycles. The lowest BCUT2D eigenvalue weighted by Crippen LogP contribution is -2.39. The smallest absolute Gasteiger partial charge is 0.343 e. The lowest BCUT2D eigenvalue weighted by atomic mass is 10.0. The zero-order chi connectivity index (χ0) is 23.6. The molecule has 8 nitrogen and oxygen atoms in total. The van der Waals surface area contributed by atoms with Crippen molar-refractivity contribution >= 4 is 11.9 Å². The molecule has 33 heavy (non-hydrogen) atoms. The molecular formula is C25H36N4O4. The predicted molar refractivity (Wildman–Crippen MR) is 129 cm³/mol. The van der Waals surface area contributed by atoms with Crippen molar-refractivity contribution in [3.63, 3.8) is 0 Å². The van der Waals surface area contributed by atoms with Crippen LogP contribution in [-0.4, -0.2) is 64.8 Å². The Morgan fingerprint density at radius 1 is 1.06 bits per heavy atom. The normalized spacial score (nSPS) is 14.8. The van der Waals surface area contributed by atoms with Crippen molar-refractivity contribution in [2.24, 2.45) is 0 Å². The first-order valence-corrected chi connectivity index (χ1v) is 12.0. The van der Waals surface area contributed by atoms with Gasteiger partial charge in [-0.3, -0.25) is 0 Å². The van der Waals surface area contributed by atoms with E-state index in [0.29, 0.717) is 36.7 Å². The van der Waals surface area contributed by atoms with Crippen molar-refractivity contribution in [3.05, 3.63) is 41.2 Å². The zero-order valence-corrected chi connectivity index (χ0v) is 20.0. The number of carboxylic acids is 1. The van der Waals surface area contributed by atoms with Gasteiger partial charge in [-0.15, -0.1) is 0 Å². The number of likely N-dealkylation sites (tertiary alicyclic amines) is 1. The van der Waals surface area contributed by atoms with E-state index in [1.807, 2.05) is 38.4 Å². The minimum Gasteiger partial charge on any atom is -0.493 e. The highest BCUT2D eigenvalue weighted by Gasteiger charge is 2.21. The minimum absolute atomic E-state index is 0.102. The van der Waals surface area contributed by atoms with Crippen LogP contribution in [0.2, 0.25) is 0 Å². The topological polar surface area (TPSA) is 96.8 Å². The molecule has 0 atom stereocenters. The van der Waals surface area contributed by atoms with Gasteiger partial charge >= 0.3 is 5.97 Å². The maximum absolute atomic E-state index is 11.7. The number of anilines is 1. The molecule has 0 saturated carbocycles. The van der Waals surface area contributed by atoms with Crippen molar-refractivity contribution in [1.82, 2.24) is 14.9 Å². The second kappa shape index (κ2) is 12.4. The van der Waals surface area contributed by atoms with Crippen LogP contribution >= 0.6 is 0 Å². The van der Waals surface area contributed by atoms with Crippen LogP contribution in [0.4, 0.5) is 5.95 Å². The number of aromatic carboxylic acids is 1. The maximum atomic E-state index is 11.7. The van der Waals surface area contributed by atoms with Crippen molar-refractivity contribution in [2.75, 3.05) is 38.2 Å². The van der Waals surface area contributed by atoms with E-state index < -0.39 is 5.97 Å². The molecule has 8 heteroatoms. The number of nitrogens with one attached hydrogen (secondary N) is 1. The van der Waals surface area contributed by atoms with E-state index in [4.69, 9.17) is 9.47 Å². The first kappa shape index (κ1) is 24.8. The number of carbonyl (C=O) groups is 1. The van der Waals surface area contributed by atoms with Crippen LogP contribution in [0, 0.1) is 0 Å². The van der Waals surface area contributed by atoms with Crippen molar-refractivity contribution in [1.29, 1.82) is 0 Å². The summed E-state index contributed by atoms with van der Waals surface area (Å²) in [4.78, 5) is 23.0. The van der Waals surface area contributed by atoms with Crippen LogP contribution in [0.3, 0.4) is 0 Å². The summed E-state index contributed by atoms with van der Waals surface area (Å²) in [7, 11) is 0. The molecule has 1 aromatic heterocycles. The summed E-state index contributed by atoms with van der Waals surface area (Å²) in [6.45, 7) is 9.70. The standard InChI is InChI=1S/C25H36N4O4/c1-4-18-16-26-25(27-17-18)28-20-9-12-29(13-10-20)11-7-8-19-14-21(32-5-2)23(24(30)31)22(15-19)33-6-3/h14-17,20H,4-13H2,1-3H3,(H,30,31)(H,26,27,28). The van der Waals surface area contributed by atoms with E-state index >= 15 is 0 Å². The molecule has 0 radical (unpaired) electrons. The molecule has 1 aromatic carbocycles. The molecule has 0 spiro atoms. The summed E-state index contributed by atoms with van der Waals surface area (Å²) in [5.74, 6) is 0.446. The molecule has 1 aliphatic heterocycles. The highest BCUT2D eigenvalue weighted by Crippen LogP contribution is 2.32. The minimum atomic E-state index is -1.03. The molecule has 2 N–H and O–H groups in total. The number of hydrogen-bond acceptors (Lipinski definition) is 7. The summed E-state index contributed by atoms with van der Waals surface area (Å²) >= 11 is 0. The van der Waals surface area contributed by atoms with Gasteiger partial charge in [-0.2, -0.15) is 0 Å². The van der Waals surface area contributed by atoms with E-state index in [1.165, 1.54) is 0 Å². The van der Waals surface area contributed by atoms with Crippen LogP contribution in [0.15, 0.2) is 24.5 Å². The third-order valence-electron chi connectivity index (χ3n) is 5.91. The van der Waals surface area contributed by atoms with E-state index in [2.05, 4.69) is 27.1 Å². The number of ether oxygens (including phenoxy) is 2. The number of nitrogens with zero attached hydrogens (tertiary/aromatic N) is 3. The lowest BCUT2D eigenvalue weighted by Gasteiger charge is -2.32. The van der Waals surface area contributed by atoms with Gasteiger partial charge in [0.15, 0.2) is 0 Å². The zero-order valence-electron chi connectivity index (χ0n) is 20.0. The average Bonchev–Trinajstić information content (AvgIpc) is 2.81. The van der Waals surface area contributed by atoms with Gasteiger partial charge in [0.2, 0.25) is 5.95 Å². The maximum Gasteiger partial charge on any atom is 0.343 e. The Bertz CT molecular complexity index is 869. The first-order valence-electron chi connectivity index (χ1n) is 12.0. The molecule has 0 bridgehead atoms. The molecular weight excluding hydrogens is 420 g/mol. The first-order chi connectivity index (χ1) is 16.0. The molecule has 1 aliphatic rings. The fourth-order valence-electron chi connectivity index (χ4n) is 4.14. The number of rotatable bonds is 12. The number of benzene rings is 1. The fourth-order valence-corrected chi connectivity index (χ4v) is 4.14. The predicted octanol–water partition coefficient (Wildman–Crippen LogP) is 4.04. The van der Waals surface area contributed by atoms with Gasteiger partial charge in [0, 0.05) is 31.5 Å². The van der Waals surface area contributed by atoms with E-state index in [-0.39, 0.29) is 5.56 Å². The largest absolute Gasteiger partial charge is 0.493 e. The summed E-state index contributed by atoms with van der Waals surface area (Å²) < 4.78 is 11.2. The monoisotopic (exact) mass is 456 g/mol. The van der Waals surface area contributed by atoms with Gasteiger partial charge in [0.25, 0.3) is 0 Å².